The Morgan fingerprint density at radius 3 is 2.19 bits per heavy atom. The van der Waals surface area contributed by atoms with Crippen molar-refractivity contribution in [3.05, 3.63) is 0 Å². The molecule has 0 bridgehead atoms. The molecule has 94 valence electrons. The third-order valence-electron chi connectivity index (χ3n) is 5.11. The lowest BCUT2D eigenvalue weighted by Crippen LogP contribution is -2.45. The van der Waals surface area contributed by atoms with Crippen LogP contribution in [0.3, 0.4) is 0 Å². The van der Waals surface area contributed by atoms with Gasteiger partial charge in [0.25, 0.3) is 0 Å². The largest absolute Gasteiger partial charge is 0.326 e. The minimum absolute atomic E-state index is 0.454. The third kappa shape index (κ3) is 2.78. The number of rotatable bonds is 5. The van der Waals surface area contributed by atoms with Crippen molar-refractivity contribution in [3.63, 3.8) is 0 Å². The molecule has 16 heavy (non-hydrogen) atoms. The van der Waals surface area contributed by atoms with E-state index in [4.69, 9.17) is 5.73 Å². The summed E-state index contributed by atoms with van der Waals surface area (Å²) in [4.78, 5) is 2.60. The fraction of sp³-hybridized carbons (Fsp3) is 1.00. The first-order valence-corrected chi connectivity index (χ1v) is 7.17. The quantitative estimate of drug-likeness (QED) is 0.778. The van der Waals surface area contributed by atoms with Gasteiger partial charge in [-0.15, -0.1) is 0 Å². The van der Waals surface area contributed by atoms with E-state index in [0.29, 0.717) is 11.5 Å². The van der Waals surface area contributed by atoms with Gasteiger partial charge in [0.1, 0.15) is 0 Å². The highest BCUT2D eigenvalue weighted by Gasteiger charge is 2.34. The van der Waals surface area contributed by atoms with Crippen LogP contribution in [0.25, 0.3) is 0 Å². The van der Waals surface area contributed by atoms with Crippen molar-refractivity contribution in [2.75, 3.05) is 19.6 Å². The highest BCUT2D eigenvalue weighted by Crippen LogP contribution is 2.38. The van der Waals surface area contributed by atoms with Gasteiger partial charge in [0.15, 0.2) is 0 Å². The van der Waals surface area contributed by atoms with Gasteiger partial charge in [-0.2, -0.15) is 0 Å². The third-order valence-corrected chi connectivity index (χ3v) is 5.11. The maximum absolute atomic E-state index is 6.20. The van der Waals surface area contributed by atoms with Gasteiger partial charge < -0.3 is 10.6 Å². The molecule has 0 amide bonds. The lowest BCUT2D eigenvalue weighted by molar-refractivity contribution is 0.0899. The number of piperidine rings is 1. The van der Waals surface area contributed by atoms with E-state index < -0.39 is 0 Å². The van der Waals surface area contributed by atoms with Gasteiger partial charge in [-0.3, -0.25) is 0 Å². The number of nitrogens with zero attached hydrogens (tertiary/aromatic N) is 1. The molecular formula is C14H28N2. The summed E-state index contributed by atoms with van der Waals surface area (Å²) in [5, 5.41) is 0. The van der Waals surface area contributed by atoms with Gasteiger partial charge in [-0.25, -0.2) is 0 Å². The van der Waals surface area contributed by atoms with E-state index in [1.165, 1.54) is 51.6 Å². The predicted octanol–water partition coefficient (Wildman–Crippen LogP) is 2.63. The number of hydrogen-bond acceptors (Lipinski definition) is 2. The minimum atomic E-state index is 0.454. The van der Waals surface area contributed by atoms with E-state index in [2.05, 4.69) is 18.7 Å². The lowest BCUT2D eigenvalue weighted by Gasteiger charge is -2.41. The second kappa shape index (κ2) is 5.05. The molecule has 1 aliphatic heterocycles. The first-order chi connectivity index (χ1) is 7.69. The summed E-state index contributed by atoms with van der Waals surface area (Å²) in [6.07, 6.45) is 8.23. The monoisotopic (exact) mass is 224 g/mol. The summed E-state index contributed by atoms with van der Waals surface area (Å²) in [6, 6.07) is 0.454. The minimum Gasteiger partial charge on any atom is -0.326 e. The Morgan fingerprint density at radius 2 is 1.75 bits per heavy atom. The van der Waals surface area contributed by atoms with E-state index >= 15 is 0 Å². The summed E-state index contributed by atoms with van der Waals surface area (Å²) in [5.74, 6) is 0.851. The fourth-order valence-electron chi connectivity index (χ4n) is 3.14. The summed E-state index contributed by atoms with van der Waals surface area (Å²) in [6.45, 7) is 8.42. The lowest BCUT2D eigenvalue weighted by atomic mass is 9.74. The molecule has 0 aromatic carbocycles. The highest BCUT2D eigenvalue weighted by molar-refractivity contribution is 4.89. The maximum atomic E-state index is 6.20. The highest BCUT2D eigenvalue weighted by atomic mass is 15.1. The van der Waals surface area contributed by atoms with E-state index in [1.54, 1.807) is 0 Å². The molecule has 0 aromatic heterocycles. The average Bonchev–Trinajstić information content (AvgIpc) is 3.14. The summed E-state index contributed by atoms with van der Waals surface area (Å²) < 4.78 is 0. The number of hydrogen-bond donors (Lipinski definition) is 1. The number of nitrogens with two attached hydrogens (primary N) is 1. The van der Waals surface area contributed by atoms with Gasteiger partial charge in [-0.1, -0.05) is 26.7 Å². The van der Waals surface area contributed by atoms with Crippen LogP contribution in [0.4, 0.5) is 0 Å². The molecule has 0 spiro atoms. The first kappa shape index (κ1) is 12.4. The summed E-state index contributed by atoms with van der Waals surface area (Å²) >= 11 is 0. The Balaban J connectivity index is 1.75. The molecule has 2 N–H and O–H groups in total. The summed E-state index contributed by atoms with van der Waals surface area (Å²) in [7, 11) is 0. The molecule has 2 aliphatic rings. The fourth-order valence-corrected chi connectivity index (χ4v) is 3.14. The molecule has 1 saturated carbocycles. The van der Waals surface area contributed by atoms with Crippen molar-refractivity contribution >= 4 is 0 Å². The Kier molecular flexibility index (Phi) is 3.91. The molecular weight excluding hydrogens is 196 g/mol. The molecule has 0 radical (unpaired) electrons. The van der Waals surface area contributed by atoms with Crippen LogP contribution in [0.15, 0.2) is 0 Å². The SMILES string of the molecule is CCC1(CC)CCN(CC(N)C2CC2)CC1. The van der Waals surface area contributed by atoms with Crippen molar-refractivity contribution < 1.29 is 0 Å². The van der Waals surface area contributed by atoms with Crippen molar-refractivity contribution in [1.29, 1.82) is 0 Å². The standard InChI is InChI=1S/C14H28N2/c1-3-14(4-2)7-9-16(10-8-14)11-13(15)12-5-6-12/h12-13H,3-11,15H2,1-2H3. The molecule has 1 aliphatic carbocycles. The summed E-state index contributed by atoms with van der Waals surface area (Å²) in [5.41, 5.74) is 6.85. The Labute approximate surface area is 101 Å². The average molecular weight is 224 g/mol. The predicted molar refractivity (Wildman–Crippen MR) is 69.4 cm³/mol. The van der Waals surface area contributed by atoms with E-state index in [0.717, 1.165) is 12.5 Å². The molecule has 1 saturated heterocycles. The first-order valence-electron chi connectivity index (χ1n) is 7.17. The van der Waals surface area contributed by atoms with Gasteiger partial charge in [-0.05, 0) is 50.1 Å². The molecule has 1 unspecified atom stereocenters. The van der Waals surface area contributed by atoms with Crippen LogP contribution in [0.1, 0.15) is 52.4 Å². The molecule has 2 nitrogen and oxygen atoms in total. The molecule has 2 heteroatoms. The van der Waals surface area contributed by atoms with Gasteiger partial charge in [0, 0.05) is 12.6 Å². The smallest absolute Gasteiger partial charge is 0.0196 e. The number of likely N-dealkylation sites (tertiary alicyclic amines) is 1. The van der Waals surface area contributed by atoms with Crippen molar-refractivity contribution in [2.24, 2.45) is 17.1 Å². The second-order valence-corrected chi connectivity index (χ2v) is 6.01. The molecule has 0 aromatic rings. The Bertz CT molecular complexity index is 209. The van der Waals surface area contributed by atoms with Gasteiger partial charge in [0.05, 0.1) is 0 Å². The Morgan fingerprint density at radius 1 is 1.19 bits per heavy atom. The van der Waals surface area contributed by atoms with E-state index in [9.17, 15) is 0 Å². The topological polar surface area (TPSA) is 29.3 Å². The molecule has 2 rings (SSSR count). The zero-order chi connectivity index (χ0) is 11.6. The van der Waals surface area contributed by atoms with Crippen LogP contribution in [0, 0.1) is 11.3 Å². The molecule has 1 atom stereocenters. The van der Waals surface area contributed by atoms with Crippen LogP contribution >= 0.6 is 0 Å². The zero-order valence-electron chi connectivity index (χ0n) is 11.0. The van der Waals surface area contributed by atoms with Crippen LogP contribution < -0.4 is 5.73 Å². The van der Waals surface area contributed by atoms with Gasteiger partial charge in [0.2, 0.25) is 0 Å². The molecule has 1 heterocycles. The zero-order valence-corrected chi connectivity index (χ0v) is 11.0. The van der Waals surface area contributed by atoms with Crippen LogP contribution in [0.2, 0.25) is 0 Å². The maximum Gasteiger partial charge on any atom is 0.0196 e. The normalized spacial score (nSPS) is 27.9. The second-order valence-electron chi connectivity index (χ2n) is 6.01. The van der Waals surface area contributed by atoms with Crippen molar-refractivity contribution in [2.45, 2.75) is 58.4 Å². The van der Waals surface area contributed by atoms with E-state index in [-0.39, 0.29) is 0 Å². The van der Waals surface area contributed by atoms with Crippen LogP contribution in [-0.2, 0) is 0 Å². The van der Waals surface area contributed by atoms with Crippen LogP contribution in [0.5, 0.6) is 0 Å². The van der Waals surface area contributed by atoms with Crippen LogP contribution in [-0.4, -0.2) is 30.6 Å². The van der Waals surface area contributed by atoms with E-state index in [1.807, 2.05) is 0 Å². The Hall–Kier alpha value is -0.0800. The van der Waals surface area contributed by atoms with Crippen molar-refractivity contribution in [3.8, 4) is 0 Å². The van der Waals surface area contributed by atoms with Crippen molar-refractivity contribution in [1.82, 2.24) is 4.90 Å². The van der Waals surface area contributed by atoms with Gasteiger partial charge >= 0.3 is 0 Å². The molecule has 2 fully saturated rings.